The van der Waals surface area contributed by atoms with Crippen LogP contribution in [0.4, 0.5) is 0 Å². The van der Waals surface area contributed by atoms with Gasteiger partial charge in [-0.15, -0.1) is 0 Å². The summed E-state index contributed by atoms with van der Waals surface area (Å²) in [6, 6.07) is 7.79. The maximum Gasteiger partial charge on any atom is 0.00725 e. The summed E-state index contributed by atoms with van der Waals surface area (Å²) in [5.41, 5.74) is 4.73. The molecule has 2 atom stereocenters. The van der Waals surface area contributed by atoms with Crippen LogP contribution in [0, 0.1) is 11.8 Å². The molecule has 1 aromatic rings. The molecule has 106 valence electrons. The predicted molar refractivity (Wildman–Crippen MR) is 83.6 cm³/mol. The quantitative estimate of drug-likeness (QED) is 0.814. The Labute approximate surface area is 118 Å². The fourth-order valence-corrected chi connectivity index (χ4v) is 3.49. The van der Waals surface area contributed by atoms with Crippen LogP contribution in [0.3, 0.4) is 0 Å². The lowest BCUT2D eigenvalue weighted by Gasteiger charge is -2.28. The summed E-state index contributed by atoms with van der Waals surface area (Å²) in [5, 5.41) is 3.60. The maximum atomic E-state index is 3.60. The summed E-state index contributed by atoms with van der Waals surface area (Å²) in [4.78, 5) is 0. The van der Waals surface area contributed by atoms with E-state index in [9.17, 15) is 0 Å². The minimum atomic E-state index is 0.596. The largest absolute Gasteiger partial charge is 0.314 e. The van der Waals surface area contributed by atoms with Crippen LogP contribution in [0.1, 0.15) is 50.8 Å². The van der Waals surface area contributed by atoms with Gasteiger partial charge < -0.3 is 5.32 Å². The van der Waals surface area contributed by atoms with Crippen LogP contribution in [0.25, 0.3) is 0 Å². The van der Waals surface area contributed by atoms with E-state index in [1.54, 1.807) is 11.1 Å². The monoisotopic (exact) mass is 259 g/mol. The third-order valence-electron chi connectivity index (χ3n) is 4.66. The molecule has 0 spiro atoms. The fraction of sp³-hybridized carbons (Fsp3) is 0.667. The number of aryl methyl sites for hydroxylation is 2. The van der Waals surface area contributed by atoms with Crippen LogP contribution in [0.2, 0.25) is 0 Å². The van der Waals surface area contributed by atoms with E-state index in [1.165, 1.54) is 31.2 Å². The Balaban J connectivity index is 2.08. The smallest absolute Gasteiger partial charge is 0.00725 e. The molecule has 1 nitrogen and oxygen atoms in total. The first-order valence-corrected chi connectivity index (χ1v) is 7.95. The van der Waals surface area contributed by atoms with Crippen LogP contribution in [0.15, 0.2) is 18.2 Å². The molecule has 2 unspecified atom stereocenters. The molecule has 1 heteroatoms. The zero-order chi connectivity index (χ0) is 13.8. The first kappa shape index (κ1) is 14.6. The highest BCUT2D eigenvalue weighted by Gasteiger charge is 2.21. The van der Waals surface area contributed by atoms with Crippen molar-refractivity contribution in [3.8, 4) is 0 Å². The van der Waals surface area contributed by atoms with E-state index < -0.39 is 0 Å². The Kier molecular flexibility index (Phi) is 5.04. The van der Waals surface area contributed by atoms with Gasteiger partial charge in [0, 0.05) is 6.04 Å². The average molecular weight is 259 g/mol. The third kappa shape index (κ3) is 3.60. The number of nitrogens with one attached hydrogen (secondary N) is 1. The normalized spacial score (nSPS) is 17.5. The van der Waals surface area contributed by atoms with Crippen molar-refractivity contribution in [2.75, 3.05) is 6.54 Å². The summed E-state index contributed by atoms with van der Waals surface area (Å²) in [7, 11) is 0. The van der Waals surface area contributed by atoms with Crippen LogP contribution >= 0.6 is 0 Å². The van der Waals surface area contributed by atoms with Crippen molar-refractivity contribution in [1.82, 2.24) is 5.32 Å². The van der Waals surface area contributed by atoms with E-state index in [1.807, 2.05) is 0 Å². The van der Waals surface area contributed by atoms with E-state index in [0.29, 0.717) is 6.04 Å². The summed E-state index contributed by atoms with van der Waals surface area (Å²) in [6.07, 6.45) is 5.13. The second kappa shape index (κ2) is 6.56. The molecule has 19 heavy (non-hydrogen) atoms. The zero-order valence-corrected chi connectivity index (χ0v) is 13.0. The Bertz CT molecular complexity index is 408. The topological polar surface area (TPSA) is 12.0 Å². The van der Waals surface area contributed by atoms with E-state index in [-0.39, 0.29) is 0 Å². The van der Waals surface area contributed by atoms with Gasteiger partial charge in [0.15, 0.2) is 0 Å². The Morgan fingerprint density at radius 2 is 1.84 bits per heavy atom. The van der Waals surface area contributed by atoms with Crippen molar-refractivity contribution in [3.63, 3.8) is 0 Å². The summed E-state index contributed by atoms with van der Waals surface area (Å²) in [6.45, 7) is 10.3. The van der Waals surface area contributed by atoms with Gasteiger partial charge in [-0.25, -0.2) is 0 Å². The molecule has 1 aromatic carbocycles. The van der Waals surface area contributed by atoms with Gasteiger partial charge in [-0.3, -0.25) is 0 Å². The molecule has 1 aliphatic rings. The summed E-state index contributed by atoms with van der Waals surface area (Å²) in [5.74, 6) is 1.45. The van der Waals surface area contributed by atoms with Gasteiger partial charge >= 0.3 is 0 Å². The van der Waals surface area contributed by atoms with Crippen LogP contribution in [-0.4, -0.2) is 12.6 Å². The number of hydrogen-bond donors (Lipinski definition) is 1. The lowest BCUT2D eigenvalue weighted by molar-refractivity contribution is 0.292. The van der Waals surface area contributed by atoms with Crippen molar-refractivity contribution >= 4 is 0 Å². The molecule has 0 fully saturated rings. The van der Waals surface area contributed by atoms with Gasteiger partial charge in [0.2, 0.25) is 0 Å². The third-order valence-corrected chi connectivity index (χ3v) is 4.66. The SMILES string of the molecule is CCNC(C)C(Cc1ccc2c(c1)CCC2)C(C)C. The molecule has 0 amide bonds. The molecule has 0 aromatic heterocycles. The molecule has 2 rings (SSSR count). The number of fused-ring (bicyclic) bond motifs is 1. The molecule has 0 heterocycles. The molecule has 0 radical (unpaired) electrons. The van der Waals surface area contributed by atoms with Crippen molar-refractivity contribution in [1.29, 1.82) is 0 Å². The van der Waals surface area contributed by atoms with Gasteiger partial charge in [-0.05, 0) is 67.7 Å². The number of hydrogen-bond acceptors (Lipinski definition) is 1. The number of benzene rings is 1. The van der Waals surface area contributed by atoms with E-state index in [0.717, 1.165) is 18.4 Å². The van der Waals surface area contributed by atoms with Gasteiger partial charge in [0.05, 0.1) is 0 Å². The van der Waals surface area contributed by atoms with Crippen LogP contribution in [-0.2, 0) is 19.3 Å². The van der Waals surface area contributed by atoms with Gasteiger partial charge in [0.1, 0.15) is 0 Å². The molecule has 1 N–H and O–H groups in total. The standard InChI is InChI=1S/C18H29N/c1-5-19-14(4)18(13(2)3)12-15-9-10-16-7-6-8-17(16)11-15/h9-11,13-14,18-19H,5-8,12H2,1-4H3. The van der Waals surface area contributed by atoms with E-state index in [2.05, 4.69) is 51.2 Å². The summed E-state index contributed by atoms with van der Waals surface area (Å²) < 4.78 is 0. The zero-order valence-electron chi connectivity index (χ0n) is 13.0. The molecule has 1 aliphatic carbocycles. The molecule has 0 bridgehead atoms. The van der Waals surface area contributed by atoms with E-state index >= 15 is 0 Å². The van der Waals surface area contributed by atoms with Gasteiger partial charge in [-0.1, -0.05) is 39.0 Å². The maximum absolute atomic E-state index is 3.60. The highest BCUT2D eigenvalue weighted by atomic mass is 14.9. The lowest BCUT2D eigenvalue weighted by Crippen LogP contribution is -2.37. The minimum absolute atomic E-state index is 0.596. The Morgan fingerprint density at radius 3 is 2.53 bits per heavy atom. The van der Waals surface area contributed by atoms with Crippen molar-refractivity contribution < 1.29 is 0 Å². The molecular weight excluding hydrogens is 230 g/mol. The minimum Gasteiger partial charge on any atom is -0.314 e. The van der Waals surface area contributed by atoms with Crippen molar-refractivity contribution in [2.24, 2.45) is 11.8 Å². The number of rotatable bonds is 6. The van der Waals surface area contributed by atoms with E-state index in [4.69, 9.17) is 0 Å². The van der Waals surface area contributed by atoms with Crippen LogP contribution < -0.4 is 5.32 Å². The Morgan fingerprint density at radius 1 is 1.11 bits per heavy atom. The first-order chi connectivity index (χ1) is 9.11. The van der Waals surface area contributed by atoms with Crippen LogP contribution in [0.5, 0.6) is 0 Å². The highest BCUT2D eigenvalue weighted by molar-refractivity contribution is 5.35. The summed E-state index contributed by atoms with van der Waals surface area (Å²) >= 11 is 0. The van der Waals surface area contributed by atoms with Crippen molar-refractivity contribution in [3.05, 3.63) is 34.9 Å². The predicted octanol–water partition coefficient (Wildman–Crippen LogP) is 3.99. The molecule has 0 aliphatic heterocycles. The highest BCUT2D eigenvalue weighted by Crippen LogP contribution is 2.26. The Hall–Kier alpha value is -0.820. The fourth-order valence-electron chi connectivity index (χ4n) is 3.49. The molecule has 0 saturated heterocycles. The lowest BCUT2D eigenvalue weighted by atomic mass is 9.83. The second-order valence-electron chi connectivity index (χ2n) is 6.41. The molecular formula is C18H29N. The average Bonchev–Trinajstić information content (AvgIpc) is 2.83. The van der Waals surface area contributed by atoms with Gasteiger partial charge in [-0.2, -0.15) is 0 Å². The van der Waals surface area contributed by atoms with Gasteiger partial charge in [0.25, 0.3) is 0 Å². The second-order valence-corrected chi connectivity index (χ2v) is 6.41. The first-order valence-electron chi connectivity index (χ1n) is 7.95. The molecule has 0 saturated carbocycles. The van der Waals surface area contributed by atoms with Crippen molar-refractivity contribution in [2.45, 2.75) is 59.4 Å².